The van der Waals surface area contributed by atoms with Crippen LogP contribution >= 0.6 is 22.6 Å². The molecule has 6 aromatic rings. The molecular formula is C32H21F2IN6. The number of rotatable bonds is 2. The van der Waals surface area contributed by atoms with Crippen LogP contribution in [-0.2, 0) is 0 Å². The van der Waals surface area contributed by atoms with Crippen LogP contribution in [0.25, 0.3) is 11.4 Å². The van der Waals surface area contributed by atoms with E-state index in [0.717, 1.165) is 26.2 Å². The number of halogens is 3. The van der Waals surface area contributed by atoms with Crippen molar-refractivity contribution in [3.8, 4) is 35.6 Å². The van der Waals surface area contributed by atoms with E-state index >= 15 is 0 Å². The van der Waals surface area contributed by atoms with Gasteiger partial charge in [-0.2, -0.15) is 10.2 Å². The summed E-state index contributed by atoms with van der Waals surface area (Å²) in [6.45, 7) is 0. The van der Waals surface area contributed by atoms with Gasteiger partial charge in [0.15, 0.2) is 0 Å². The van der Waals surface area contributed by atoms with E-state index in [4.69, 9.17) is 6.42 Å². The van der Waals surface area contributed by atoms with Gasteiger partial charge in [-0.05, 0) is 113 Å². The number of hydrogen-bond acceptors (Lipinski definition) is 4. The lowest BCUT2D eigenvalue weighted by atomic mass is 10.2. The van der Waals surface area contributed by atoms with Gasteiger partial charge in [0.2, 0.25) is 0 Å². The van der Waals surface area contributed by atoms with Crippen molar-refractivity contribution in [2.75, 3.05) is 0 Å². The number of pyridine rings is 2. The van der Waals surface area contributed by atoms with E-state index in [1.807, 2.05) is 30.5 Å². The Morgan fingerprint density at radius 3 is 1.54 bits per heavy atom. The van der Waals surface area contributed by atoms with Gasteiger partial charge in [-0.15, -0.1) is 6.42 Å². The Labute approximate surface area is 249 Å². The van der Waals surface area contributed by atoms with Crippen LogP contribution in [-0.4, -0.2) is 29.5 Å². The number of terminal acetylenes is 1. The van der Waals surface area contributed by atoms with Crippen LogP contribution in [0.4, 0.5) is 8.78 Å². The molecule has 4 heterocycles. The lowest BCUT2D eigenvalue weighted by molar-refractivity contribution is 0.626. The van der Waals surface area contributed by atoms with Gasteiger partial charge >= 0.3 is 0 Å². The fourth-order valence-electron chi connectivity index (χ4n) is 3.19. The first kappa shape index (κ1) is 28.9. The molecule has 0 atom stereocenters. The molecular weight excluding hydrogens is 633 g/mol. The van der Waals surface area contributed by atoms with E-state index in [2.05, 4.69) is 60.5 Å². The first-order chi connectivity index (χ1) is 20.0. The van der Waals surface area contributed by atoms with Crippen LogP contribution < -0.4 is 0 Å². The van der Waals surface area contributed by atoms with E-state index < -0.39 is 0 Å². The minimum absolute atomic E-state index is 0.231. The first-order valence-electron chi connectivity index (χ1n) is 12.1. The van der Waals surface area contributed by atoms with Crippen LogP contribution in [0.1, 0.15) is 16.8 Å². The van der Waals surface area contributed by atoms with Crippen molar-refractivity contribution in [3.63, 3.8) is 0 Å². The smallest absolute Gasteiger partial charge is 0.136 e. The Bertz CT molecular complexity index is 1760. The monoisotopic (exact) mass is 654 g/mol. The van der Waals surface area contributed by atoms with Gasteiger partial charge in [0.05, 0.1) is 11.4 Å². The summed E-state index contributed by atoms with van der Waals surface area (Å²) in [5.41, 5.74) is 4.08. The van der Waals surface area contributed by atoms with Gasteiger partial charge < -0.3 is 0 Å². The zero-order valence-corrected chi connectivity index (χ0v) is 23.6. The molecule has 0 N–H and O–H groups in total. The summed E-state index contributed by atoms with van der Waals surface area (Å²) in [5, 5.41) is 8.52. The van der Waals surface area contributed by atoms with Crippen molar-refractivity contribution in [1.82, 2.24) is 29.5 Å². The van der Waals surface area contributed by atoms with Crippen LogP contribution in [0.3, 0.4) is 0 Å². The lowest BCUT2D eigenvalue weighted by Gasteiger charge is -1.99. The molecule has 0 unspecified atom stereocenters. The zero-order chi connectivity index (χ0) is 28.9. The Hall–Kier alpha value is -5.13. The summed E-state index contributed by atoms with van der Waals surface area (Å²) in [4.78, 5) is 7.73. The van der Waals surface area contributed by atoms with Gasteiger partial charge in [0.25, 0.3) is 0 Å². The van der Waals surface area contributed by atoms with Crippen molar-refractivity contribution in [2.24, 2.45) is 0 Å². The minimum atomic E-state index is -0.265. The SMILES string of the molecule is C#Cc1ccncc1.Fc1ccc(-n2ccc(C#Cc3ccncc3)n2)cc1.Fc1ccc(-n2ccc(I)n2)cc1. The third-order valence-corrected chi connectivity index (χ3v) is 5.77. The molecule has 4 aromatic heterocycles. The normalized spacial score (nSPS) is 9.61. The summed E-state index contributed by atoms with van der Waals surface area (Å²) in [5.74, 6) is 7.98. The highest BCUT2D eigenvalue weighted by Crippen LogP contribution is 2.10. The summed E-state index contributed by atoms with van der Waals surface area (Å²) >= 11 is 2.13. The average Bonchev–Trinajstić information content (AvgIpc) is 3.68. The molecule has 0 bridgehead atoms. The molecule has 0 saturated carbocycles. The van der Waals surface area contributed by atoms with Gasteiger partial charge in [-0.25, -0.2) is 18.1 Å². The third-order valence-electron chi connectivity index (χ3n) is 5.19. The second-order valence-corrected chi connectivity index (χ2v) is 9.15. The number of nitrogens with zero attached hydrogens (tertiary/aromatic N) is 6. The lowest BCUT2D eigenvalue weighted by Crippen LogP contribution is -1.94. The molecule has 0 aliphatic rings. The molecule has 0 spiro atoms. The molecule has 0 aliphatic heterocycles. The molecule has 0 radical (unpaired) electrons. The molecule has 6 rings (SSSR count). The maximum atomic E-state index is 12.9. The highest BCUT2D eigenvalue weighted by Gasteiger charge is 2.00. The second-order valence-electron chi connectivity index (χ2n) is 8.05. The molecule has 0 fully saturated rings. The molecule has 0 amide bonds. The van der Waals surface area contributed by atoms with Crippen LogP contribution in [0.5, 0.6) is 0 Å². The van der Waals surface area contributed by atoms with Crippen LogP contribution in [0.15, 0.2) is 122 Å². The topological polar surface area (TPSA) is 61.4 Å². The molecule has 41 heavy (non-hydrogen) atoms. The van der Waals surface area contributed by atoms with Crippen molar-refractivity contribution in [3.05, 3.63) is 154 Å². The molecule has 9 heteroatoms. The maximum Gasteiger partial charge on any atom is 0.136 e. The van der Waals surface area contributed by atoms with E-state index in [-0.39, 0.29) is 11.6 Å². The van der Waals surface area contributed by atoms with Gasteiger partial charge in [0, 0.05) is 48.3 Å². The van der Waals surface area contributed by atoms with Crippen LogP contribution in [0, 0.1) is 39.5 Å². The summed E-state index contributed by atoms with van der Waals surface area (Å²) in [6, 6.07) is 23.3. The van der Waals surface area contributed by atoms with Crippen molar-refractivity contribution in [2.45, 2.75) is 0 Å². The molecule has 2 aromatic carbocycles. The predicted molar refractivity (Wildman–Crippen MR) is 162 cm³/mol. The molecule has 200 valence electrons. The van der Waals surface area contributed by atoms with Crippen molar-refractivity contribution < 1.29 is 8.78 Å². The van der Waals surface area contributed by atoms with Crippen LogP contribution in [0.2, 0.25) is 0 Å². The van der Waals surface area contributed by atoms with Gasteiger partial charge in [0.1, 0.15) is 21.0 Å². The van der Waals surface area contributed by atoms with E-state index in [0.29, 0.717) is 5.69 Å². The Morgan fingerprint density at radius 2 is 1.07 bits per heavy atom. The highest BCUT2D eigenvalue weighted by molar-refractivity contribution is 14.1. The van der Waals surface area contributed by atoms with Gasteiger partial charge in [-0.3, -0.25) is 9.97 Å². The maximum absolute atomic E-state index is 12.9. The summed E-state index contributed by atoms with van der Waals surface area (Å²) < 4.78 is 29.7. The molecule has 0 saturated heterocycles. The minimum Gasteiger partial charge on any atom is -0.265 e. The first-order valence-corrected chi connectivity index (χ1v) is 13.2. The third kappa shape index (κ3) is 9.24. The average molecular weight is 654 g/mol. The fraction of sp³-hybridized carbons (Fsp3) is 0. The Kier molecular flexibility index (Phi) is 10.5. The summed E-state index contributed by atoms with van der Waals surface area (Å²) in [7, 11) is 0. The summed E-state index contributed by atoms with van der Waals surface area (Å²) in [6.07, 6.45) is 15.5. The number of benzene rings is 2. The number of hydrogen-bond donors (Lipinski definition) is 0. The Balaban J connectivity index is 0.000000158. The highest BCUT2D eigenvalue weighted by atomic mass is 127. The molecule has 0 aliphatic carbocycles. The standard InChI is InChI=1S/C16H10FN3.C9H6FIN2.C7H5N/c17-14-2-5-16(6-3-14)20-12-9-15(19-20)4-1-13-7-10-18-11-8-13;10-7-1-3-8(4-2-7)13-6-5-9(11)12-13;1-2-7-3-5-8-6-4-7/h2-3,5-12H;1-6H;1,3-6H. The van der Waals surface area contributed by atoms with E-state index in [1.165, 1.54) is 24.3 Å². The zero-order valence-electron chi connectivity index (χ0n) is 21.4. The molecule has 6 nitrogen and oxygen atoms in total. The quantitative estimate of drug-likeness (QED) is 0.158. The van der Waals surface area contributed by atoms with Crippen molar-refractivity contribution >= 4 is 22.6 Å². The largest absolute Gasteiger partial charge is 0.265 e. The van der Waals surface area contributed by atoms with E-state index in [1.54, 1.807) is 76.7 Å². The van der Waals surface area contributed by atoms with Crippen molar-refractivity contribution in [1.29, 1.82) is 0 Å². The Morgan fingerprint density at radius 1 is 0.585 bits per heavy atom. The van der Waals surface area contributed by atoms with Gasteiger partial charge in [-0.1, -0.05) is 11.8 Å². The number of aromatic nitrogens is 6. The second kappa shape index (κ2) is 14.9. The predicted octanol–water partition coefficient (Wildman–Crippen LogP) is 6.49. The fourth-order valence-corrected chi connectivity index (χ4v) is 3.58. The van der Waals surface area contributed by atoms with E-state index in [9.17, 15) is 8.78 Å².